The highest BCUT2D eigenvalue weighted by molar-refractivity contribution is 7.99. The molecule has 1 N–H and O–H groups in total. The molecule has 0 radical (unpaired) electrons. The average molecular weight is 360 g/mol. The molecule has 1 aliphatic carbocycles. The summed E-state index contributed by atoms with van der Waals surface area (Å²) in [4.78, 5) is 12.1. The molecule has 1 aromatic carbocycles. The number of fused-ring (bicyclic) bond motifs is 1. The summed E-state index contributed by atoms with van der Waals surface area (Å²) in [5.41, 5.74) is 1.57. The van der Waals surface area contributed by atoms with Gasteiger partial charge in [-0.2, -0.15) is 0 Å². The van der Waals surface area contributed by atoms with E-state index in [1.54, 1.807) is 0 Å². The van der Waals surface area contributed by atoms with Crippen LogP contribution in [0.15, 0.2) is 28.8 Å². The molecule has 2 heterocycles. The van der Waals surface area contributed by atoms with Crippen LogP contribution in [0.1, 0.15) is 37.1 Å². The monoisotopic (exact) mass is 360 g/mol. The fourth-order valence-corrected chi connectivity index (χ4v) is 3.93. The van der Waals surface area contributed by atoms with Crippen LogP contribution in [0.4, 0.5) is 5.69 Å². The minimum atomic E-state index is -0.476. The molecule has 0 saturated heterocycles. The van der Waals surface area contributed by atoms with E-state index < -0.39 is 5.79 Å². The molecule has 2 aromatic rings. The minimum absolute atomic E-state index is 0.0559. The Bertz CT molecular complexity index is 783. The maximum absolute atomic E-state index is 12.1. The molecule has 0 atom stereocenters. The molecule has 0 bridgehead atoms. The molecule has 7 heteroatoms. The predicted octanol–water partition coefficient (Wildman–Crippen LogP) is 3.90. The molecule has 1 aromatic heterocycles. The van der Waals surface area contributed by atoms with Gasteiger partial charge in [0.25, 0.3) is 5.79 Å². The zero-order valence-corrected chi connectivity index (χ0v) is 14.9. The van der Waals surface area contributed by atoms with Gasteiger partial charge in [0.15, 0.2) is 11.5 Å². The second kappa shape index (κ2) is 6.63. The van der Waals surface area contributed by atoms with Crippen molar-refractivity contribution >= 4 is 23.4 Å². The third-order valence-corrected chi connectivity index (χ3v) is 5.31. The first-order chi connectivity index (χ1) is 12.1. The highest BCUT2D eigenvalue weighted by Crippen LogP contribution is 2.47. The van der Waals surface area contributed by atoms with Crippen LogP contribution in [0.5, 0.6) is 11.5 Å². The van der Waals surface area contributed by atoms with Gasteiger partial charge in [-0.3, -0.25) is 4.79 Å². The molecule has 1 saturated carbocycles. The molecule has 1 amide bonds. The van der Waals surface area contributed by atoms with E-state index in [9.17, 15) is 4.79 Å². The largest absolute Gasteiger partial charge is 0.448 e. The zero-order valence-electron chi connectivity index (χ0n) is 14.0. The molecule has 132 valence electrons. The lowest BCUT2D eigenvalue weighted by Crippen LogP contribution is -2.34. The van der Waals surface area contributed by atoms with Crippen molar-refractivity contribution in [3.63, 3.8) is 0 Å². The summed E-state index contributed by atoms with van der Waals surface area (Å²) in [6.45, 7) is 1.85. The maximum Gasteiger partial charge on any atom is 0.251 e. The predicted molar refractivity (Wildman–Crippen MR) is 94.9 cm³/mol. The molecule has 1 spiro atoms. The summed E-state index contributed by atoms with van der Waals surface area (Å²) in [7, 11) is 0. The highest BCUT2D eigenvalue weighted by Gasteiger charge is 2.44. The molecular formula is C18H20N2O4S. The van der Waals surface area contributed by atoms with E-state index in [2.05, 4.69) is 10.5 Å². The maximum atomic E-state index is 12.1. The summed E-state index contributed by atoms with van der Waals surface area (Å²) < 4.78 is 17.0. The Labute approximate surface area is 150 Å². The number of hydrogen-bond donors (Lipinski definition) is 1. The summed E-state index contributed by atoms with van der Waals surface area (Å²) in [6, 6.07) is 7.43. The number of hydrogen-bond acceptors (Lipinski definition) is 6. The van der Waals surface area contributed by atoms with Crippen molar-refractivity contribution < 1.29 is 18.8 Å². The standard InChI is InChI=1S/C18H20N2O4S/c1-12-8-14(20-24-12)10-25-11-17(21)19-13-4-5-15-16(9-13)23-18(22-15)6-2-3-7-18/h4-5,8-9H,2-3,6-7,10-11H2,1H3,(H,19,21). The number of carbonyl (C=O) groups excluding carboxylic acids is 1. The van der Waals surface area contributed by atoms with Crippen molar-refractivity contribution in [3.05, 3.63) is 35.7 Å². The van der Waals surface area contributed by atoms with Gasteiger partial charge in [-0.05, 0) is 31.9 Å². The lowest BCUT2D eigenvalue weighted by molar-refractivity contribution is -0.113. The zero-order chi connectivity index (χ0) is 17.3. The molecule has 25 heavy (non-hydrogen) atoms. The number of carbonyl (C=O) groups is 1. The highest BCUT2D eigenvalue weighted by atomic mass is 32.2. The van der Waals surface area contributed by atoms with Crippen LogP contribution in [0.25, 0.3) is 0 Å². The third-order valence-electron chi connectivity index (χ3n) is 4.34. The minimum Gasteiger partial charge on any atom is -0.448 e. The molecule has 6 nitrogen and oxygen atoms in total. The van der Waals surface area contributed by atoms with Crippen LogP contribution in [-0.2, 0) is 10.5 Å². The number of benzene rings is 1. The topological polar surface area (TPSA) is 73.6 Å². The molecular weight excluding hydrogens is 340 g/mol. The van der Waals surface area contributed by atoms with Crippen molar-refractivity contribution in [2.45, 2.75) is 44.1 Å². The fourth-order valence-electron chi connectivity index (χ4n) is 3.22. The normalized spacial score (nSPS) is 17.2. The quantitative estimate of drug-likeness (QED) is 0.872. The van der Waals surface area contributed by atoms with Gasteiger partial charge in [-0.15, -0.1) is 11.8 Å². The summed E-state index contributed by atoms with van der Waals surface area (Å²) >= 11 is 1.50. The van der Waals surface area contributed by atoms with Crippen molar-refractivity contribution in [1.82, 2.24) is 5.16 Å². The Hall–Kier alpha value is -2.15. The summed E-state index contributed by atoms with van der Waals surface area (Å²) in [6.07, 6.45) is 4.09. The number of nitrogens with one attached hydrogen (secondary N) is 1. The smallest absolute Gasteiger partial charge is 0.251 e. The van der Waals surface area contributed by atoms with Crippen LogP contribution >= 0.6 is 11.8 Å². The first kappa shape index (κ1) is 16.3. The van der Waals surface area contributed by atoms with E-state index in [0.717, 1.165) is 48.6 Å². The Morgan fingerprint density at radius 1 is 1.24 bits per heavy atom. The summed E-state index contributed by atoms with van der Waals surface area (Å²) in [5, 5.41) is 6.82. The second-order valence-electron chi connectivity index (χ2n) is 6.45. The Kier molecular flexibility index (Phi) is 4.33. The number of aryl methyl sites for hydroxylation is 1. The van der Waals surface area contributed by atoms with Gasteiger partial charge in [0.2, 0.25) is 5.91 Å². The number of anilines is 1. The Balaban J connectivity index is 1.30. The van der Waals surface area contributed by atoms with Crippen LogP contribution in [-0.4, -0.2) is 22.6 Å². The third kappa shape index (κ3) is 3.61. The van der Waals surface area contributed by atoms with Crippen LogP contribution in [0, 0.1) is 6.92 Å². The number of nitrogens with zero attached hydrogens (tertiary/aromatic N) is 1. The average Bonchev–Trinajstić information content (AvgIpc) is 3.28. The number of aromatic nitrogens is 1. The van der Waals surface area contributed by atoms with Crippen molar-refractivity contribution in [1.29, 1.82) is 0 Å². The number of amides is 1. The molecule has 1 aliphatic heterocycles. The molecule has 1 fully saturated rings. The second-order valence-corrected chi connectivity index (χ2v) is 7.44. The Morgan fingerprint density at radius 3 is 2.80 bits per heavy atom. The van der Waals surface area contributed by atoms with Gasteiger partial charge >= 0.3 is 0 Å². The molecule has 2 aliphatic rings. The van der Waals surface area contributed by atoms with Gasteiger partial charge in [-0.25, -0.2) is 0 Å². The van der Waals surface area contributed by atoms with Crippen LogP contribution < -0.4 is 14.8 Å². The Morgan fingerprint density at radius 2 is 2.04 bits per heavy atom. The van der Waals surface area contributed by atoms with Gasteiger partial charge in [-0.1, -0.05) is 5.16 Å². The van der Waals surface area contributed by atoms with Crippen LogP contribution in [0.2, 0.25) is 0 Å². The number of rotatable bonds is 5. The fraction of sp³-hybridized carbons (Fsp3) is 0.444. The molecule has 4 rings (SSSR count). The van der Waals surface area contributed by atoms with E-state index in [1.165, 1.54) is 11.8 Å². The number of thioether (sulfide) groups is 1. The van der Waals surface area contributed by atoms with E-state index in [-0.39, 0.29) is 5.91 Å². The number of ether oxygens (including phenoxy) is 2. The first-order valence-corrected chi connectivity index (χ1v) is 9.59. The van der Waals surface area contributed by atoms with E-state index in [1.807, 2.05) is 31.2 Å². The van der Waals surface area contributed by atoms with E-state index >= 15 is 0 Å². The first-order valence-electron chi connectivity index (χ1n) is 8.44. The SMILES string of the molecule is Cc1cc(CSCC(=O)Nc2ccc3c(c2)OC2(CCCC2)O3)no1. The van der Waals surface area contributed by atoms with Gasteiger partial charge in [0.1, 0.15) is 5.76 Å². The van der Waals surface area contributed by atoms with Crippen molar-refractivity contribution in [2.75, 3.05) is 11.1 Å². The van der Waals surface area contributed by atoms with Gasteiger partial charge in [0, 0.05) is 36.4 Å². The van der Waals surface area contributed by atoms with Crippen molar-refractivity contribution in [3.8, 4) is 11.5 Å². The van der Waals surface area contributed by atoms with Gasteiger partial charge < -0.3 is 19.3 Å². The van der Waals surface area contributed by atoms with Gasteiger partial charge in [0.05, 0.1) is 11.4 Å². The van der Waals surface area contributed by atoms with E-state index in [4.69, 9.17) is 14.0 Å². The van der Waals surface area contributed by atoms with E-state index in [0.29, 0.717) is 17.3 Å². The summed E-state index contributed by atoms with van der Waals surface area (Å²) in [5.74, 6) is 2.72. The molecule has 0 unspecified atom stereocenters. The lowest BCUT2D eigenvalue weighted by Gasteiger charge is -2.21. The van der Waals surface area contributed by atoms with Crippen molar-refractivity contribution in [2.24, 2.45) is 0 Å². The van der Waals surface area contributed by atoms with Crippen LogP contribution in [0.3, 0.4) is 0 Å². The lowest BCUT2D eigenvalue weighted by atomic mass is 10.2.